The number of thiophene rings is 1. The second-order valence-corrected chi connectivity index (χ2v) is 8.27. The van der Waals surface area contributed by atoms with Gasteiger partial charge < -0.3 is 5.32 Å². The van der Waals surface area contributed by atoms with E-state index in [4.69, 9.17) is 0 Å². The molecule has 136 valence electrons. The van der Waals surface area contributed by atoms with Crippen LogP contribution in [0.5, 0.6) is 0 Å². The molecule has 0 bridgehead atoms. The zero-order chi connectivity index (χ0) is 18.5. The summed E-state index contributed by atoms with van der Waals surface area (Å²) in [5.74, 6) is -0.0612. The van der Waals surface area contributed by atoms with Gasteiger partial charge in [0, 0.05) is 11.4 Å². The number of hydrogen-bond acceptors (Lipinski definition) is 5. The highest BCUT2D eigenvalue weighted by molar-refractivity contribution is 8.00. The predicted octanol–water partition coefficient (Wildman–Crippen LogP) is 3.67. The second-order valence-electron chi connectivity index (χ2n) is 5.93. The van der Waals surface area contributed by atoms with Crippen LogP contribution in [0, 0.1) is 0 Å². The minimum atomic E-state index is -0.342. The van der Waals surface area contributed by atoms with E-state index in [1.54, 1.807) is 22.0 Å². The fourth-order valence-corrected chi connectivity index (χ4v) is 4.20. The molecule has 1 unspecified atom stereocenters. The number of fused-ring (bicyclic) bond motifs is 1. The normalized spacial score (nSPS) is 12.2. The third kappa shape index (κ3) is 4.16. The van der Waals surface area contributed by atoms with Crippen LogP contribution >= 0.6 is 23.1 Å². The van der Waals surface area contributed by atoms with Crippen LogP contribution in [0.4, 0.5) is 0 Å². The number of carbonyl (C=O) groups excluding carboxylic acids is 1. The maximum Gasteiger partial charge on any atom is 0.262 e. The highest BCUT2D eigenvalue weighted by Gasteiger charge is 2.19. The monoisotopic (exact) mass is 387 g/mol. The molecular weight excluding hydrogens is 366 g/mol. The lowest BCUT2D eigenvalue weighted by molar-refractivity contribution is -0.120. The number of nitrogens with one attached hydrogen (secondary N) is 1. The Balaban J connectivity index is 1.81. The Morgan fingerprint density at radius 2 is 2.12 bits per heavy atom. The molecule has 0 aliphatic carbocycles. The number of carbonyl (C=O) groups is 1. The summed E-state index contributed by atoms with van der Waals surface area (Å²) in [6, 6.07) is 11.3. The van der Waals surface area contributed by atoms with E-state index in [0.717, 1.165) is 11.3 Å². The van der Waals surface area contributed by atoms with Crippen LogP contribution in [0.15, 0.2) is 51.7 Å². The molecule has 7 heteroatoms. The molecule has 0 fully saturated rings. The first-order chi connectivity index (χ1) is 12.6. The van der Waals surface area contributed by atoms with Crippen molar-refractivity contribution in [2.45, 2.75) is 43.8 Å². The van der Waals surface area contributed by atoms with Gasteiger partial charge in [-0.2, -0.15) is 0 Å². The van der Waals surface area contributed by atoms with E-state index in [1.807, 2.05) is 49.6 Å². The van der Waals surface area contributed by atoms with Crippen molar-refractivity contribution in [3.05, 3.63) is 57.0 Å². The summed E-state index contributed by atoms with van der Waals surface area (Å²) >= 11 is 2.94. The molecule has 5 nitrogen and oxygen atoms in total. The molecule has 1 atom stereocenters. The lowest BCUT2D eigenvalue weighted by atomic mass is 10.2. The summed E-state index contributed by atoms with van der Waals surface area (Å²) in [7, 11) is 0. The molecule has 1 amide bonds. The Morgan fingerprint density at radius 3 is 2.85 bits per heavy atom. The van der Waals surface area contributed by atoms with Crippen molar-refractivity contribution in [2.24, 2.45) is 0 Å². The van der Waals surface area contributed by atoms with E-state index >= 15 is 0 Å². The van der Waals surface area contributed by atoms with Gasteiger partial charge >= 0.3 is 0 Å². The van der Waals surface area contributed by atoms with Gasteiger partial charge in [-0.3, -0.25) is 14.2 Å². The number of benzene rings is 1. The summed E-state index contributed by atoms with van der Waals surface area (Å²) in [5, 5.41) is 5.79. The molecule has 0 saturated heterocycles. The average molecular weight is 388 g/mol. The fraction of sp³-hybridized carbons (Fsp3) is 0.316. The van der Waals surface area contributed by atoms with Crippen molar-refractivity contribution in [3.8, 4) is 0 Å². The smallest absolute Gasteiger partial charge is 0.262 e. The van der Waals surface area contributed by atoms with Crippen LogP contribution in [-0.2, 0) is 17.9 Å². The molecule has 2 aromatic heterocycles. The van der Waals surface area contributed by atoms with Gasteiger partial charge in [-0.05, 0) is 36.9 Å². The number of aromatic nitrogens is 2. The quantitative estimate of drug-likeness (QED) is 0.496. The van der Waals surface area contributed by atoms with Crippen molar-refractivity contribution < 1.29 is 4.79 Å². The van der Waals surface area contributed by atoms with Crippen molar-refractivity contribution in [3.63, 3.8) is 0 Å². The number of nitrogens with zero attached hydrogens (tertiary/aromatic N) is 2. The maximum atomic E-state index is 12.8. The van der Waals surface area contributed by atoms with Crippen molar-refractivity contribution in [2.75, 3.05) is 0 Å². The number of hydrogen-bond donors (Lipinski definition) is 1. The maximum absolute atomic E-state index is 12.8. The minimum Gasteiger partial charge on any atom is -0.350 e. The van der Waals surface area contributed by atoms with E-state index in [-0.39, 0.29) is 16.7 Å². The van der Waals surface area contributed by atoms with Gasteiger partial charge in [-0.1, -0.05) is 36.9 Å². The van der Waals surface area contributed by atoms with Gasteiger partial charge in [0.05, 0.1) is 22.7 Å². The number of thioether (sulfide) groups is 1. The fourth-order valence-electron chi connectivity index (χ4n) is 2.60. The second kappa shape index (κ2) is 8.51. The molecular formula is C19H21N3O2S2. The zero-order valence-electron chi connectivity index (χ0n) is 14.8. The Hall–Kier alpha value is -2.12. The molecule has 0 radical (unpaired) electrons. The van der Waals surface area contributed by atoms with Crippen molar-refractivity contribution in [1.29, 1.82) is 0 Å². The lowest BCUT2D eigenvalue weighted by Crippen LogP contribution is -2.31. The van der Waals surface area contributed by atoms with Crippen LogP contribution in [0.1, 0.15) is 25.1 Å². The molecule has 2 heterocycles. The summed E-state index contributed by atoms with van der Waals surface area (Å²) in [6.07, 6.45) is 0.826. The number of rotatable bonds is 7. The molecule has 3 rings (SSSR count). The zero-order valence-corrected chi connectivity index (χ0v) is 16.4. The molecule has 3 aromatic rings. The molecule has 0 saturated carbocycles. The van der Waals surface area contributed by atoms with Gasteiger partial charge in [0.2, 0.25) is 5.91 Å². The van der Waals surface area contributed by atoms with Gasteiger partial charge in [-0.25, -0.2) is 4.98 Å². The van der Waals surface area contributed by atoms with E-state index < -0.39 is 0 Å². The van der Waals surface area contributed by atoms with Crippen molar-refractivity contribution in [1.82, 2.24) is 14.9 Å². The van der Waals surface area contributed by atoms with Gasteiger partial charge in [0.15, 0.2) is 5.16 Å². The standard InChI is InChI=1S/C19H21N3O2S2/c1-3-10-22-18(24)15-8-4-5-9-16(15)21-19(22)26-13(2)17(23)20-12-14-7-6-11-25-14/h4-9,11,13H,3,10,12H2,1-2H3,(H,20,23). The van der Waals surface area contributed by atoms with Crippen LogP contribution < -0.4 is 10.9 Å². The third-order valence-corrected chi connectivity index (χ3v) is 5.91. The topological polar surface area (TPSA) is 64.0 Å². The summed E-state index contributed by atoms with van der Waals surface area (Å²) in [6.45, 7) is 4.97. The molecule has 26 heavy (non-hydrogen) atoms. The predicted molar refractivity (Wildman–Crippen MR) is 108 cm³/mol. The van der Waals surface area contributed by atoms with E-state index in [0.29, 0.717) is 29.1 Å². The van der Waals surface area contributed by atoms with E-state index in [9.17, 15) is 9.59 Å². The lowest BCUT2D eigenvalue weighted by Gasteiger charge is -2.15. The minimum absolute atomic E-state index is 0.0499. The molecule has 1 N–H and O–H groups in total. The Kier molecular flexibility index (Phi) is 6.11. The first kappa shape index (κ1) is 18.7. The first-order valence-corrected chi connectivity index (χ1v) is 10.3. The Morgan fingerprint density at radius 1 is 1.31 bits per heavy atom. The van der Waals surface area contributed by atoms with Gasteiger partial charge in [-0.15, -0.1) is 11.3 Å². The molecule has 0 aliphatic heterocycles. The number of para-hydroxylation sites is 1. The van der Waals surface area contributed by atoms with Crippen LogP contribution in [-0.4, -0.2) is 20.7 Å². The summed E-state index contributed by atoms with van der Waals surface area (Å²) in [4.78, 5) is 30.9. The largest absolute Gasteiger partial charge is 0.350 e. The van der Waals surface area contributed by atoms with E-state index in [2.05, 4.69) is 10.3 Å². The summed E-state index contributed by atoms with van der Waals surface area (Å²) < 4.78 is 1.68. The van der Waals surface area contributed by atoms with Crippen LogP contribution in [0.2, 0.25) is 0 Å². The summed E-state index contributed by atoms with van der Waals surface area (Å²) in [5.41, 5.74) is 0.615. The molecule has 0 spiro atoms. The SMILES string of the molecule is CCCn1c(SC(C)C(=O)NCc2cccs2)nc2ccccc2c1=O. The third-order valence-electron chi connectivity index (χ3n) is 3.94. The number of amides is 1. The Bertz CT molecular complexity index is 951. The molecule has 0 aliphatic rings. The van der Waals surface area contributed by atoms with Crippen LogP contribution in [0.3, 0.4) is 0 Å². The van der Waals surface area contributed by atoms with E-state index in [1.165, 1.54) is 11.8 Å². The van der Waals surface area contributed by atoms with Gasteiger partial charge in [0.25, 0.3) is 5.56 Å². The Labute approximate surface area is 160 Å². The highest BCUT2D eigenvalue weighted by Crippen LogP contribution is 2.23. The average Bonchev–Trinajstić information content (AvgIpc) is 3.16. The molecule has 1 aromatic carbocycles. The highest BCUT2D eigenvalue weighted by atomic mass is 32.2. The van der Waals surface area contributed by atoms with Gasteiger partial charge in [0.1, 0.15) is 0 Å². The van der Waals surface area contributed by atoms with Crippen molar-refractivity contribution >= 4 is 39.9 Å². The van der Waals surface area contributed by atoms with Crippen LogP contribution in [0.25, 0.3) is 10.9 Å². The first-order valence-electron chi connectivity index (χ1n) is 8.56.